The molecule has 4 heterocycles. The molecule has 1 amide bonds. The molecule has 7 nitrogen and oxygen atoms in total. The molecule has 0 saturated heterocycles. The van der Waals surface area contributed by atoms with Crippen LogP contribution >= 0.6 is 34.3 Å². The summed E-state index contributed by atoms with van der Waals surface area (Å²) >= 11 is 9.21. The molecule has 5 aromatic rings. The van der Waals surface area contributed by atoms with E-state index in [9.17, 15) is 4.79 Å². The molecule has 4 N–H and O–H groups in total. The van der Waals surface area contributed by atoms with Gasteiger partial charge in [-0.15, -0.1) is 22.7 Å². The number of nitrogens with zero attached hydrogens (tertiary/aromatic N) is 3. The first-order valence-electron chi connectivity index (χ1n) is 9.62. The fourth-order valence-corrected chi connectivity index (χ4v) is 5.15. The lowest BCUT2D eigenvalue weighted by atomic mass is 10.2. The largest absolute Gasteiger partial charge is 0.397 e. The summed E-state index contributed by atoms with van der Waals surface area (Å²) in [4.78, 5) is 22.4. The van der Waals surface area contributed by atoms with Gasteiger partial charge in [0, 0.05) is 5.38 Å². The molecule has 10 heteroatoms. The third kappa shape index (κ3) is 3.81. The first kappa shape index (κ1) is 20.5. The summed E-state index contributed by atoms with van der Waals surface area (Å²) < 4.78 is 1.89. The number of pyridine rings is 1. The molecule has 0 aliphatic carbocycles. The summed E-state index contributed by atoms with van der Waals surface area (Å²) in [6, 6.07) is 16.4. The van der Waals surface area contributed by atoms with E-state index < -0.39 is 0 Å². The number of imidazole rings is 1. The van der Waals surface area contributed by atoms with Crippen molar-refractivity contribution in [2.75, 3.05) is 16.4 Å². The number of carbonyl (C=O) groups is 1. The molecule has 4 aromatic heterocycles. The first-order chi connectivity index (χ1) is 15.5. The Hall–Kier alpha value is -3.40. The average molecular weight is 481 g/mol. The number of benzene rings is 1. The molecule has 1 aromatic carbocycles. The van der Waals surface area contributed by atoms with Gasteiger partial charge in [-0.2, -0.15) is 0 Å². The standard InChI is InChI=1S/C22H17ClN6OS2/c1-12-20(29-17(23)7-4-8-18(29)25-12)15-11-31-22(27-15)28-19-10-9-16(32-19)21(30)26-14-6-3-2-5-13(14)24/h2-11H,24H2,1H3,(H,26,30)(H,27,28). The van der Waals surface area contributed by atoms with Crippen molar-refractivity contribution in [3.05, 3.63) is 75.7 Å². The summed E-state index contributed by atoms with van der Waals surface area (Å²) in [5.41, 5.74) is 10.3. The SMILES string of the molecule is Cc1nc2cccc(Cl)n2c1-c1csc(Nc2ccc(C(=O)Nc3ccccc3N)s2)n1. The molecule has 5 rings (SSSR count). The Labute approximate surface area is 196 Å². The molecule has 0 radical (unpaired) electrons. The second-order valence-corrected chi connectivity index (χ2v) is 9.29. The Morgan fingerprint density at radius 1 is 1.09 bits per heavy atom. The van der Waals surface area contributed by atoms with Crippen molar-refractivity contribution in [1.29, 1.82) is 0 Å². The highest BCUT2D eigenvalue weighted by atomic mass is 35.5. The van der Waals surface area contributed by atoms with Gasteiger partial charge in [0.2, 0.25) is 0 Å². The topological polar surface area (TPSA) is 97.3 Å². The van der Waals surface area contributed by atoms with Gasteiger partial charge < -0.3 is 16.4 Å². The number of thiophene rings is 1. The molecule has 0 atom stereocenters. The Morgan fingerprint density at radius 2 is 1.94 bits per heavy atom. The van der Waals surface area contributed by atoms with Crippen LogP contribution in [0.2, 0.25) is 5.15 Å². The van der Waals surface area contributed by atoms with Crippen molar-refractivity contribution in [2.24, 2.45) is 0 Å². The molecular weight excluding hydrogens is 464 g/mol. The quantitative estimate of drug-likeness (QED) is 0.210. The van der Waals surface area contributed by atoms with Gasteiger partial charge in [-0.3, -0.25) is 9.20 Å². The minimum atomic E-state index is -0.211. The summed E-state index contributed by atoms with van der Waals surface area (Å²) in [7, 11) is 0. The maximum Gasteiger partial charge on any atom is 0.265 e. The Kier molecular flexibility index (Phi) is 5.30. The molecule has 0 aliphatic heterocycles. The van der Waals surface area contributed by atoms with Crippen molar-refractivity contribution in [2.45, 2.75) is 6.92 Å². The van der Waals surface area contributed by atoms with Gasteiger partial charge in [0.05, 0.1) is 32.6 Å². The van der Waals surface area contributed by atoms with Gasteiger partial charge in [0.1, 0.15) is 16.5 Å². The second-order valence-electron chi connectivity index (χ2n) is 6.96. The Balaban J connectivity index is 1.35. The molecular formula is C22H17ClN6OS2. The number of nitrogens with two attached hydrogens (primary N) is 1. The van der Waals surface area contributed by atoms with Crippen LogP contribution in [0.25, 0.3) is 17.0 Å². The van der Waals surface area contributed by atoms with E-state index in [1.54, 1.807) is 18.2 Å². The number of rotatable bonds is 5. The number of nitrogen functional groups attached to an aromatic ring is 1. The van der Waals surface area contributed by atoms with E-state index in [4.69, 9.17) is 22.3 Å². The van der Waals surface area contributed by atoms with Crippen LogP contribution in [-0.4, -0.2) is 20.3 Å². The van der Waals surface area contributed by atoms with Crippen molar-refractivity contribution in [3.8, 4) is 11.4 Å². The van der Waals surface area contributed by atoms with E-state index in [1.807, 2.05) is 53.1 Å². The van der Waals surface area contributed by atoms with Crippen molar-refractivity contribution in [3.63, 3.8) is 0 Å². The number of amides is 1. The number of aromatic nitrogens is 3. The van der Waals surface area contributed by atoms with Crippen molar-refractivity contribution >= 4 is 67.3 Å². The smallest absolute Gasteiger partial charge is 0.265 e. The van der Waals surface area contributed by atoms with E-state index in [-0.39, 0.29) is 5.91 Å². The highest BCUT2D eigenvalue weighted by Gasteiger charge is 2.17. The van der Waals surface area contributed by atoms with E-state index in [0.29, 0.717) is 26.5 Å². The third-order valence-electron chi connectivity index (χ3n) is 4.79. The summed E-state index contributed by atoms with van der Waals surface area (Å²) in [6.07, 6.45) is 0. The first-order valence-corrected chi connectivity index (χ1v) is 11.7. The van der Waals surface area contributed by atoms with Crippen LogP contribution in [-0.2, 0) is 0 Å². The lowest BCUT2D eigenvalue weighted by Crippen LogP contribution is -2.11. The van der Waals surface area contributed by atoms with E-state index in [2.05, 4.69) is 15.6 Å². The Morgan fingerprint density at radius 3 is 2.78 bits per heavy atom. The molecule has 0 saturated carbocycles. The zero-order chi connectivity index (χ0) is 22.2. The van der Waals surface area contributed by atoms with Gasteiger partial charge in [0.25, 0.3) is 5.91 Å². The second kappa shape index (κ2) is 8.27. The van der Waals surface area contributed by atoms with Crippen LogP contribution in [0, 0.1) is 6.92 Å². The molecule has 0 fully saturated rings. The maximum absolute atomic E-state index is 12.6. The summed E-state index contributed by atoms with van der Waals surface area (Å²) in [6.45, 7) is 1.94. The highest BCUT2D eigenvalue weighted by Crippen LogP contribution is 2.33. The zero-order valence-electron chi connectivity index (χ0n) is 16.8. The van der Waals surface area contributed by atoms with Crippen molar-refractivity contribution in [1.82, 2.24) is 14.4 Å². The van der Waals surface area contributed by atoms with Gasteiger partial charge in [-0.05, 0) is 43.3 Å². The molecule has 0 bridgehead atoms. The number of hydrogen-bond donors (Lipinski definition) is 3. The Bertz CT molecular complexity index is 1450. The number of thiazole rings is 1. The number of aryl methyl sites for hydroxylation is 1. The van der Waals surface area contributed by atoms with Crippen LogP contribution in [0.5, 0.6) is 0 Å². The maximum atomic E-state index is 12.6. The van der Waals surface area contributed by atoms with Gasteiger partial charge in [-0.25, -0.2) is 9.97 Å². The van der Waals surface area contributed by atoms with Crippen LogP contribution in [0.3, 0.4) is 0 Å². The molecule has 0 spiro atoms. The predicted octanol–water partition coefficient (Wildman–Crippen LogP) is 6.06. The number of carbonyl (C=O) groups excluding carboxylic acids is 1. The van der Waals surface area contributed by atoms with Crippen molar-refractivity contribution < 1.29 is 4.79 Å². The fraction of sp³-hybridized carbons (Fsp3) is 0.0455. The minimum Gasteiger partial charge on any atom is -0.397 e. The lowest BCUT2D eigenvalue weighted by Gasteiger charge is -2.06. The fourth-order valence-electron chi connectivity index (χ4n) is 3.33. The van der Waals surface area contributed by atoms with Gasteiger partial charge in [0.15, 0.2) is 5.13 Å². The van der Waals surface area contributed by atoms with Crippen LogP contribution in [0.1, 0.15) is 15.4 Å². The zero-order valence-corrected chi connectivity index (χ0v) is 19.2. The molecule has 160 valence electrons. The molecule has 0 unspecified atom stereocenters. The van der Waals surface area contributed by atoms with Crippen LogP contribution in [0.4, 0.5) is 21.5 Å². The van der Waals surface area contributed by atoms with E-state index >= 15 is 0 Å². The highest BCUT2D eigenvalue weighted by molar-refractivity contribution is 7.19. The number of hydrogen-bond acceptors (Lipinski definition) is 7. The average Bonchev–Trinajstić information content (AvgIpc) is 3.49. The van der Waals surface area contributed by atoms with Crippen LogP contribution in [0.15, 0.2) is 60.0 Å². The minimum absolute atomic E-state index is 0.211. The lowest BCUT2D eigenvalue weighted by molar-refractivity contribution is 0.103. The number of anilines is 4. The predicted molar refractivity (Wildman–Crippen MR) is 132 cm³/mol. The van der Waals surface area contributed by atoms with E-state index in [1.165, 1.54) is 22.7 Å². The number of nitrogens with one attached hydrogen (secondary N) is 2. The summed E-state index contributed by atoms with van der Waals surface area (Å²) in [5, 5.41) is 10.2. The monoisotopic (exact) mass is 480 g/mol. The van der Waals surface area contributed by atoms with E-state index in [0.717, 1.165) is 27.7 Å². The van der Waals surface area contributed by atoms with Gasteiger partial charge in [-0.1, -0.05) is 29.8 Å². The summed E-state index contributed by atoms with van der Waals surface area (Å²) in [5.74, 6) is -0.211. The third-order valence-corrected chi connectivity index (χ3v) is 6.84. The number of fused-ring (bicyclic) bond motifs is 1. The normalized spacial score (nSPS) is 11.1. The van der Waals surface area contributed by atoms with Gasteiger partial charge >= 0.3 is 0 Å². The number of halogens is 1. The molecule has 0 aliphatic rings. The molecule has 32 heavy (non-hydrogen) atoms. The number of para-hydroxylation sites is 2. The van der Waals surface area contributed by atoms with Crippen LogP contribution < -0.4 is 16.4 Å².